The van der Waals surface area contributed by atoms with Crippen LogP contribution >= 0.6 is 0 Å². The number of hydrogen-bond donors (Lipinski definition) is 2. The smallest absolute Gasteiger partial charge is 0.224 e. The Morgan fingerprint density at radius 3 is 2.40 bits per heavy atom. The van der Waals surface area contributed by atoms with Crippen molar-refractivity contribution < 1.29 is 0 Å². The molecule has 4 heteroatoms. The molecule has 0 saturated heterocycles. The van der Waals surface area contributed by atoms with Crippen molar-refractivity contribution in [1.82, 2.24) is 9.97 Å². The van der Waals surface area contributed by atoms with Gasteiger partial charge in [-0.15, -0.1) is 0 Å². The van der Waals surface area contributed by atoms with E-state index in [9.17, 15) is 0 Å². The van der Waals surface area contributed by atoms with Crippen LogP contribution in [0.3, 0.4) is 0 Å². The lowest BCUT2D eigenvalue weighted by Crippen LogP contribution is -2.54. The lowest BCUT2D eigenvalue weighted by Gasteiger charge is -2.57. The summed E-state index contributed by atoms with van der Waals surface area (Å²) in [7, 11) is 0. The van der Waals surface area contributed by atoms with Crippen LogP contribution < -0.4 is 10.6 Å². The minimum absolute atomic E-state index is 0.326. The van der Waals surface area contributed by atoms with Gasteiger partial charge in [0.15, 0.2) is 0 Å². The van der Waals surface area contributed by atoms with Gasteiger partial charge in [0.05, 0.1) is 0 Å². The van der Waals surface area contributed by atoms with Gasteiger partial charge in [0.2, 0.25) is 5.95 Å². The molecule has 108 valence electrons. The van der Waals surface area contributed by atoms with Crippen LogP contribution in [0.15, 0.2) is 12.3 Å². The fourth-order valence-corrected chi connectivity index (χ4v) is 5.21. The Morgan fingerprint density at radius 1 is 1.15 bits per heavy atom. The summed E-state index contributed by atoms with van der Waals surface area (Å²) in [5, 5.41) is 6.99. The number of nitrogens with one attached hydrogen (secondary N) is 2. The molecule has 1 aromatic rings. The molecule has 5 rings (SSSR count). The lowest BCUT2D eigenvalue weighted by molar-refractivity contribution is 0.0105. The first-order chi connectivity index (χ1) is 9.75. The molecule has 4 aliphatic carbocycles. The van der Waals surface area contributed by atoms with Crippen molar-refractivity contribution in [1.29, 1.82) is 0 Å². The van der Waals surface area contributed by atoms with Crippen LogP contribution in [-0.2, 0) is 0 Å². The average Bonchev–Trinajstić information content (AvgIpc) is 2.37. The van der Waals surface area contributed by atoms with Gasteiger partial charge in [-0.2, -0.15) is 4.98 Å². The zero-order valence-corrected chi connectivity index (χ0v) is 12.2. The van der Waals surface area contributed by atoms with Crippen molar-refractivity contribution in [3.8, 4) is 0 Å². The quantitative estimate of drug-likeness (QED) is 0.883. The van der Waals surface area contributed by atoms with Gasteiger partial charge >= 0.3 is 0 Å². The topological polar surface area (TPSA) is 49.8 Å². The maximum Gasteiger partial charge on any atom is 0.224 e. The molecular formula is C16H24N4. The van der Waals surface area contributed by atoms with Crippen molar-refractivity contribution in [2.24, 2.45) is 17.8 Å². The van der Waals surface area contributed by atoms with E-state index < -0.39 is 0 Å². The van der Waals surface area contributed by atoms with Crippen LogP contribution in [0.2, 0.25) is 0 Å². The third-order valence-corrected chi connectivity index (χ3v) is 5.42. The molecule has 4 aliphatic rings. The molecule has 0 amide bonds. The van der Waals surface area contributed by atoms with Gasteiger partial charge in [-0.25, -0.2) is 4.98 Å². The van der Waals surface area contributed by atoms with E-state index >= 15 is 0 Å². The van der Waals surface area contributed by atoms with Crippen LogP contribution in [-0.4, -0.2) is 22.1 Å². The molecule has 4 fully saturated rings. The normalized spacial score (nSPS) is 38.0. The summed E-state index contributed by atoms with van der Waals surface area (Å²) in [6, 6.07) is 2.01. The molecule has 0 aliphatic heterocycles. The average molecular weight is 272 g/mol. The number of nitrogens with zero attached hydrogens (tertiary/aromatic N) is 2. The number of hydrogen-bond acceptors (Lipinski definition) is 4. The highest BCUT2D eigenvalue weighted by Crippen LogP contribution is 2.56. The van der Waals surface area contributed by atoms with Crippen LogP contribution in [0.5, 0.6) is 0 Å². The van der Waals surface area contributed by atoms with E-state index in [-0.39, 0.29) is 0 Å². The SMILES string of the molecule is CCNc1nccc(NC23CC4CC(CC(C4)C2)C3)n1. The first-order valence-electron chi connectivity index (χ1n) is 8.10. The predicted molar refractivity (Wildman–Crippen MR) is 80.7 cm³/mol. The van der Waals surface area contributed by atoms with Gasteiger partial charge in [-0.3, -0.25) is 0 Å². The Labute approximate surface area is 120 Å². The molecule has 0 atom stereocenters. The molecule has 0 aromatic carbocycles. The van der Waals surface area contributed by atoms with Crippen molar-refractivity contribution >= 4 is 11.8 Å². The Hall–Kier alpha value is -1.32. The lowest BCUT2D eigenvalue weighted by atomic mass is 9.53. The minimum Gasteiger partial charge on any atom is -0.364 e. The van der Waals surface area contributed by atoms with Gasteiger partial charge in [0.25, 0.3) is 0 Å². The van der Waals surface area contributed by atoms with E-state index in [0.717, 1.165) is 36.1 Å². The van der Waals surface area contributed by atoms with Crippen molar-refractivity contribution in [2.75, 3.05) is 17.2 Å². The Bertz CT molecular complexity index is 464. The summed E-state index contributed by atoms with van der Waals surface area (Å²) < 4.78 is 0. The molecule has 4 saturated carbocycles. The van der Waals surface area contributed by atoms with Crippen molar-refractivity contribution in [2.45, 2.75) is 51.0 Å². The van der Waals surface area contributed by atoms with Crippen molar-refractivity contribution in [3.05, 3.63) is 12.3 Å². The van der Waals surface area contributed by atoms with Crippen LogP contribution in [0.1, 0.15) is 45.4 Å². The zero-order valence-electron chi connectivity index (χ0n) is 12.2. The molecule has 0 unspecified atom stereocenters. The van der Waals surface area contributed by atoms with E-state index in [1.54, 1.807) is 0 Å². The van der Waals surface area contributed by atoms with E-state index in [2.05, 4.69) is 27.5 Å². The fourth-order valence-electron chi connectivity index (χ4n) is 5.21. The van der Waals surface area contributed by atoms with Gasteiger partial charge < -0.3 is 10.6 Å². The molecule has 20 heavy (non-hydrogen) atoms. The van der Waals surface area contributed by atoms with E-state index in [1.807, 2.05) is 12.3 Å². The maximum atomic E-state index is 4.61. The Kier molecular flexibility index (Phi) is 2.86. The van der Waals surface area contributed by atoms with Crippen LogP contribution in [0, 0.1) is 17.8 Å². The second-order valence-corrected chi connectivity index (χ2v) is 7.12. The standard InChI is InChI=1S/C16H24N4/c1-2-17-15-18-4-3-14(19-15)20-16-8-11-5-12(9-16)7-13(6-11)10-16/h3-4,11-13H,2,5-10H2,1H3,(H2,17,18,19,20). The van der Waals surface area contributed by atoms with Gasteiger partial charge in [0, 0.05) is 18.3 Å². The molecule has 1 heterocycles. The van der Waals surface area contributed by atoms with Crippen LogP contribution in [0.25, 0.3) is 0 Å². The monoisotopic (exact) mass is 272 g/mol. The van der Waals surface area contributed by atoms with Gasteiger partial charge in [0.1, 0.15) is 5.82 Å². The Morgan fingerprint density at radius 2 is 1.80 bits per heavy atom. The molecular weight excluding hydrogens is 248 g/mol. The summed E-state index contributed by atoms with van der Waals surface area (Å²) in [6.07, 6.45) is 10.3. The first kappa shape index (κ1) is 12.4. The fraction of sp³-hybridized carbons (Fsp3) is 0.750. The maximum absolute atomic E-state index is 4.61. The highest BCUT2D eigenvalue weighted by molar-refractivity contribution is 5.42. The van der Waals surface area contributed by atoms with Crippen LogP contribution in [0.4, 0.5) is 11.8 Å². The zero-order chi connectivity index (χ0) is 13.6. The summed E-state index contributed by atoms with van der Waals surface area (Å²) in [6.45, 7) is 2.93. The molecule has 1 aromatic heterocycles. The summed E-state index contributed by atoms with van der Waals surface area (Å²) in [5.41, 5.74) is 0.326. The number of anilines is 2. The molecule has 0 spiro atoms. The second-order valence-electron chi connectivity index (χ2n) is 7.12. The molecule has 2 N–H and O–H groups in total. The summed E-state index contributed by atoms with van der Waals surface area (Å²) in [5.74, 6) is 4.62. The first-order valence-corrected chi connectivity index (χ1v) is 8.10. The predicted octanol–water partition coefficient (Wildman–Crippen LogP) is 3.29. The second kappa shape index (κ2) is 4.61. The largest absolute Gasteiger partial charge is 0.364 e. The molecule has 4 bridgehead atoms. The van der Waals surface area contributed by atoms with E-state index in [1.165, 1.54) is 38.5 Å². The molecule has 4 nitrogen and oxygen atoms in total. The highest BCUT2D eigenvalue weighted by Gasteiger charge is 2.51. The third kappa shape index (κ3) is 2.15. The third-order valence-electron chi connectivity index (χ3n) is 5.42. The van der Waals surface area contributed by atoms with E-state index in [0.29, 0.717) is 5.54 Å². The molecule has 0 radical (unpaired) electrons. The van der Waals surface area contributed by atoms with Gasteiger partial charge in [-0.1, -0.05) is 0 Å². The summed E-state index contributed by atoms with van der Waals surface area (Å²) in [4.78, 5) is 8.87. The minimum atomic E-state index is 0.326. The highest BCUT2D eigenvalue weighted by atomic mass is 15.2. The van der Waals surface area contributed by atoms with E-state index in [4.69, 9.17) is 0 Å². The summed E-state index contributed by atoms with van der Waals surface area (Å²) >= 11 is 0. The number of rotatable bonds is 4. The number of aromatic nitrogens is 2. The Balaban J connectivity index is 1.55. The van der Waals surface area contributed by atoms with Crippen molar-refractivity contribution in [3.63, 3.8) is 0 Å². The van der Waals surface area contributed by atoms with Gasteiger partial charge in [-0.05, 0) is 69.3 Å².